The largest absolute Gasteiger partial charge is 0.484 e. The Labute approximate surface area is 735 Å². The van der Waals surface area contributed by atoms with Crippen LogP contribution in [0.2, 0.25) is 0 Å². The fraction of sp³-hybridized carbons (Fsp3) is 0.440. The topological polar surface area (TPSA) is 324 Å². The molecule has 127 heavy (non-hydrogen) atoms. The summed E-state index contributed by atoms with van der Waals surface area (Å²) in [5, 5.41) is 27.1. The Bertz CT molecular complexity index is 5890. The second-order valence-corrected chi connectivity index (χ2v) is 35.7. The first-order valence-corrected chi connectivity index (χ1v) is 44.3. The molecule has 0 spiro atoms. The van der Waals surface area contributed by atoms with Gasteiger partial charge in [-0.2, -0.15) is 0 Å². The highest BCUT2D eigenvalue weighted by Gasteiger charge is 2.45. The summed E-state index contributed by atoms with van der Waals surface area (Å²) in [7, 11) is 0. The van der Waals surface area contributed by atoms with E-state index in [0.717, 1.165) is 256 Å². The van der Waals surface area contributed by atoms with Crippen molar-refractivity contribution in [2.45, 2.75) is 134 Å². The van der Waals surface area contributed by atoms with Crippen molar-refractivity contribution in [1.29, 1.82) is 0 Å². The standard InChI is InChI=1S/C24H24FN7O.C23H28FN5O2.C22H22FN7OS.C22H24FN5O3/c1-24(3-4-24)33-20-11-17-16(10-18(20)25)13-27-23(17)19-12-22(30-15-28-19)32-8-6-31(7-9-32)21-2-5-26-14-29-21;1-23(3-4-23)31-20-12-17-16(11-18(20)24)14-25-22(17)19-13-21(27-15-26-19)29-8-6-28(7-9-29)5-2-10-30;1-22(2-3-22)31-18-9-15-14(8-16(18)23)11-24-20(15)17-10-19(26-12-25-17)29-4-6-30(7-5-29)21-28-27-13-32-21;1-22(2-3-22)31-18-9-15-14(8-16(18)23)11-24-21(15)17-10-19(26-13-25-17)27-4-6-28(7-5-27)20(30)12-29/h2,5,10-12,14-15H,3-4,6-9,13H2,1H3;11-13,15,30H,2-10,14H2,1H3;8-10,12-13H,2-7,11H2,1H3;8-10,13,29H,2-7,11-12H2,1H3. The van der Waals surface area contributed by atoms with Gasteiger partial charge in [-0.1, -0.05) is 11.3 Å². The first-order chi connectivity index (χ1) is 61.7. The number of benzene rings is 4. The summed E-state index contributed by atoms with van der Waals surface area (Å²) in [4.78, 5) is 91.6. The van der Waals surface area contributed by atoms with Gasteiger partial charge < -0.3 is 63.5 Å². The van der Waals surface area contributed by atoms with Gasteiger partial charge in [0.25, 0.3) is 0 Å². The lowest BCUT2D eigenvalue weighted by molar-refractivity contribution is -0.134. The smallest absolute Gasteiger partial charge is 0.248 e. The van der Waals surface area contributed by atoms with Crippen LogP contribution in [0.25, 0.3) is 0 Å². The molecule has 8 fully saturated rings. The van der Waals surface area contributed by atoms with Crippen LogP contribution in [-0.4, -0.2) is 256 Å². The third-order valence-electron chi connectivity index (χ3n) is 25.2. The van der Waals surface area contributed by atoms with Crippen molar-refractivity contribution in [2.75, 3.05) is 154 Å². The molecule has 14 heterocycles. The molecule has 658 valence electrons. The van der Waals surface area contributed by atoms with Gasteiger partial charge in [0.1, 0.15) is 95.2 Å². The number of carbonyl (C=O) groups is 1. The maximum atomic E-state index is 14.6. The number of hydrogen-bond donors (Lipinski definition) is 2. The van der Waals surface area contributed by atoms with E-state index in [-0.39, 0.29) is 63.9 Å². The van der Waals surface area contributed by atoms with Gasteiger partial charge in [-0.05, 0) is 162 Å². The highest BCUT2D eigenvalue weighted by Crippen LogP contribution is 2.46. The number of aliphatic hydroxyl groups is 2. The fourth-order valence-corrected chi connectivity index (χ4v) is 17.2. The summed E-state index contributed by atoms with van der Waals surface area (Å²) >= 11 is 1.56. The lowest BCUT2D eigenvalue weighted by Crippen LogP contribution is -2.49. The van der Waals surface area contributed by atoms with Gasteiger partial charge in [-0.15, -0.1) is 10.2 Å². The summed E-state index contributed by atoms with van der Waals surface area (Å²) in [6.07, 6.45) is 17.9. The van der Waals surface area contributed by atoms with Gasteiger partial charge in [0, 0.05) is 171 Å². The molecule has 22 rings (SSSR count). The van der Waals surface area contributed by atoms with Gasteiger partial charge in [-0.25, -0.2) is 67.4 Å². The van der Waals surface area contributed by atoms with Crippen LogP contribution in [0, 0.1) is 23.3 Å². The highest BCUT2D eigenvalue weighted by molar-refractivity contribution is 7.13. The first kappa shape index (κ1) is 84.1. The van der Waals surface area contributed by atoms with Crippen LogP contribution in [0.5, 0.6) is 23.0 Å². The molecule has 12 aliphatic rings. The zero-order chi connectivity index (χ0) is 87.1. The Morgan fingerprint density at radius 1 is 0.394 bits per heavy atom. The van der Waals surface area contributed by atoms with Crippen LogP contribution in [0.3, 0.4) is 0 Å². The molecule has 31 nitrogen and oxygen atoms in total. The average Bonchev–Trinajstić information content (AvgIpc) is 1.64. The monoisotopic (exact) mass is 1750 g/mol. The minimum atomic E-state index is -0.470. The van der Waals surface area contributed by atoms with E-state index in [4.69, 9.17) is 29.2 Å². The van der Waals surface area contributed by atoms with E-state index in [1.165, 1.54) is 12.4 Å². The number of anilines is 6. The second-order valence-electron chi connectivity index (χ2n) is 34.8. The molecule has 0 atom stereocenters. The van der Waals surface area contributed by atoms with Crippen molar-refractivity contribution in [3.05, 3.63) is 213 Å². The molecule has 2 N–H and O–H groups in total. The molecule has 8 aliphatic heterocycles. The van der Waals surface area contributed by atoms with E-state index in [2.05, 4.69) is 114 Å². The van der Waals surface area contributed by atoms with Crippen molar-refractivity contribution in [2.24, 2.45) is 20.0 Å². The number of fused-ring (bicyclic) bond motifs is 4. The number of carbonyl (C=O) groups excluding carboxylic acids is 1. The lowest BCUT2D eigenvalue weighted by Gasteiger charge is -2.36. The predicted molar refractivity (Wildman–Crippen MR) is 471 cm³/mol. The van der Waals surface area contributed by atoms with Gasteiger partial charge >= 0.3 is 0 Å². The molecule has 36 heteroatoms. The van der Waals surface area contributed by atoms with Crippen LogP contribution in [0.15, 0.2) is 142 Å². The Morgan fingerprint density at radius 3 is 1.01 bits per heavy atom. The first-order valence-electron chi connectivity index (χ1n) is 43.4. The zero-order valence-corrected chi connectivity index (χ0v) is 72.1. The summed E-state index contributed by atoms with van der Waals surface area (Å²) in [5.41, 5.74) is 13.5. The van der Waals surface area contributed by atoms with Crippen LogP contribution in [0.4, 0.5) is 51.8 Å². The van der Waals surface area contributed by atoms with Crippen molar-refractivity contribution >= 4 is 74.3 Å². The third kappa shape index (κ3) is 19.0. The number of aliphatic imine (C=N–C) groups is 4. The number of ether oxygens (including phenoxy) is 4. The minimum Gasteiger partial charge on any atom is -0.484 e. The van der Waals surface area contributed by atoms with E-state index in [1.54, 1.807) is 95.7 Å². The fourth-order valence-electron chi connectivity index (χ4n) is 16.6. The lowest BCUT2D eigenvalue weighted by atomic mass is 10.0. The molecule has 4 saturated heterocycles. The second kappa shape index (κ2) is 35.4. The molecule has 1 amide bonds. The number of amides is 1. The molecule has 10 aromatic rings. The zero-order valence-electron chi connectivity index (χ0n) is 71.3. The summed E-state index contributed by atoms with van der Waals surface area (Å²) in [5.74, 6) is 3.83. The Hall–Kier alpha value is -12.4. The predicted octanol–water partition coefficient (Wildman–Crippen LogP) is 10.0. The Balaban J connectivity index is 0.000000110. The van der Waals surface area contributed by atoms with Crippen molar-refractivity contribution < 1.29 is 51.5 Å². The maximum absolute atomic E-state index is 14.6. The Morgan fingerprint density at radius 2 is 0.709 bits per heavy atom. The molecular weight excluding hydrogens is 1650 g/mol. The minimum absolute atomic E-state index is 0.231. The van der Waals surface area contributed by atoms with Gasteiger partial charge in [0.05, 0.1) is 71.8 Å². The van der Waals surface area contributed by atoms with Crippen LogP contribution >= 0.6 is 11.3 Å². The average molecular weight is 1750 g/mol. The third-order valence-corrected chi connectivity index (χ3v) is 26.0. The van der Waals surface area contributed by atoms with Crippen LogP contribution in [0.1, 0.15) is 153 Å². The summed E-state index contributed by atoms with van der Waals surface area (Å²) < 4.78 is 81.8. The van der Waals surface area contributed by atoms with Crippen molar-refractivity contribution in [1.82, 2.24) is 69.8 Å². The van der Waals surface area contributed by atoms with Crippen molar-refractivity contribution in [3.8, 4) is 23.0 Å². The molecular formula is C91H98F4N24O7S. The van der Waals surface area contributed by atoms with Gasteiger partial charge in [0.15, 0.2) is 46.3 Å². The van der Waals surface area contributed by atoms with E-state index in [1.807, 2.05) is 58.0 Å². The van der Waals surface area contributed by atoms with E-state index >= 15 is 0 Å². The van der Waals surface area contributed by atoms with E-state index < -0.39 is 6.61 Å². The molecule has 4 aliphatic carbocycles. The van der Waals surface area contributed by atoms with Crippen molar-refractivity contribution in [3.63, 3.8) is 0 Å². The SMILES string of the molecule is CC1(Oc2cc3c(cc2F)CN=C3c2cc(N3CCN(C(=O)CO)CC3)ncn2)CC1.CC1(Oc2cc3c(cc2F)CN=C3c2cc(N3CCN(CCCO)CC3)ncn2)CC1.CC1(Oc2cc3c(cc2F)CN=C3c2cc(N3CCN(c4ccncn4)CC3)ncn2)CC1.CC1(Oc2cc3c(cc2F)CN=C3c2cc(N3CCN(c4nncs4)CC3)ncn2)CC1. The Kier molecular flexibility index (Phi) is 23.5. The number of piperazine rings is 4. The number of aromatic nitrogens is 12. The molecule has 4 aromatic carbocycles. The maximum Gasteiger partial charge on any atom is 0.248 e. The molecule has 0 unspecified atom stereocenters. The molecule has 4 saturated carbocycles. The van der Waals surface area contributed by atoms with Gasteiger partial charge in [0.2, 0.25) is 11.0 Å². The highest BCUT2D eigenvalue weighted by atomic mass is 32.1. The summed E-state index contributed by atoms with van der Waals surface area (Å²) in [6.45, 7) is 23.1. The number of hydrogen-bond acceptors (Lipinski definition) is 31. The number of nitrogens with zero attached hydrogens (tertiary/aromatic N) is 24. The van der Waals surface area contributed by atoms with Gasteiger partial charge in [-0.3, -0.25) is 29.7 Å². The molecule has 0 radical (unpaired) electrons. The number of aliphatic hydroxyl groups excluding tert-OH is 2. The number of halogens is 4. The summed E-state index contributed by atoms with van der Waals surface area (Å²) in [6, 6.07) is 22.9. The normalized spacial score (nSPS) is 19.1. The molecule has 0 bridgehead atoms. The number of rotatable bonds is 22. The van der Waals surface area contributed by atoms with Crippen LogP contribution in [-0.2, 0) is 31.0 Å². The van der Waals surface area contributed by atoms with E-state index in [9.17, 15) is 22.4 Å². The quantitative estimate of drug-likeness (QED) is 0.0596. The van der Waals surface area contributed by atoms with E-state index in [0.29, 0.717) is 81.0 Å². The van der Waals surface area contributed by atoms with Crippen LogP contribution < -0.4 is 48.3 Å². The molecule has 6 aromatic heterocycles.